The number of nitro benzene ring substituents is 1. The van der Waals surface area contributed by atoms with E-state index in [0.717, 1.165) is 0 Å². The predicted molar refractivity (Wildman–Crippen MR) is 82.6 cm³/mol. The molecule has 7 nitrogen and oxygen atoms in total. The number of nitro groups is 1. The fourth-order valence-electron chi connectivity index (χ4n) is 1.76. The van der Waals surface area contributed by atoms with Crippen molar-refractivity contribution < 1.29 is 24.0 Å². The standard InChI is InChI=1S/C16H19NO6/c1-10(15(19)23-16(3,4)5)14(22-11(2)18)12-7-6-8-13(9-12)17(20)21/h6-9,14H,1H2,2-5H3. The third-order valence-electron chi connectivity index (χ3n) is 2.65. The second kappa shape index (κ2) is 7.04. The van der Waals surface area contributed by atoms with Crippen LogP contribution < -0.4 is 0 Å². The summed E-state index contributed by atoms with van der Waals surface area (Å²) in [7, 11) is 0. The molecule has 0 saturated heterocycles. The average Bonchev–Trinajstić information content (AvgIpc) is 2.42. The number of ether oxygens (including phenoxy) is 2. The quantitative estimate of drug-likeness (QED) is 0.358. The molecule has 0 heterocycles. The van der Waals surface area contributed by atoms with Gasteiger partial charge in [0.2, 0.25) is 0 Å². The van der Waals surface area contributed by atoms with Crippen LogP contribution in [0, 0.1) is 10.1 Å². The second-order valence-electron chi connectivity index (χ2n) is 5.87. The highest BCUT2D eigenvalue weighted by Gasteiger charge is 2.28. The Hall–Kier alpha value is -2.70. The van der Waals surface area contributed by atoms with Gasteiger partial charge in [-0.05, 0) is 20.8 Å². The van der Waals surface area contributed by atoms with Gasteiger partial charge in [-0.25, -0.2) is 4.79 Å². The van der Waals surface area contributed by atoms with Gasteiger partial charge in [0.15, 0.2) is 6.10 Å². The highest BCUT2D eigenvalue weighted by Crippen LogP contribution is 2.29. The molecule has 0 radical (unpaired) electrons. The highest BCUT2D eigenvalue weighted by atomic mass is 16.6. The number of hydrogen-bond donors (Lipinski definition) is 0. The molecule has 0 aliphatic rings. The minimum atomic E-state index is -1.15. The third kappa shape index (κ3) is 5.54. The molecule has 1 aromatic rings. The van der Waals surface area contributed by atoms with Gasteiger partial charge in [-0.1, -0.05) is 18.7 Å². The van der Waals surface area contributed by atoms with Gasteiger partial charge in [0.1, 0.15) is 5.60 Å². The zero-order valence-electron chi connectivity index (χ0n) is 13.5. The normalized spacial score (nSPS) is 12.2. The van der Waals surface area contributed by atoms with Crippen LogP contribution in [0.25, 0.3) is 0 Å². The van der Waals surface area contributed by atoms with Gasteiger partial charge in [0.25, 0.3) is 5.69 Å². The summed E-state index contributed by atoms with van der Waals surface area (Å²) in [6, 6.07) is 5.47. The van der Waals surface area contributed by atoms with Gasteiger partial charge in [-0.15, -0.1) is 0 Å². The lowest BCUT2D eigenvalue weighted by Gasteiger charge is -2.24. The Labute approximate surface area is 134 Å². The van der Waals surface area contributed by atoms with Gasteiger partial charge >= 0.3 is 11.9 Å². The molecule has 0 bridgehead atoms. The van der Waals surface area contributed by atoms with Crippen molar-refractivity contribution in [3.63, 3.8) is 0 Å². The summed E-state index contributed by atoms with van der Waals surface area (Å²) in [6.45, 7) is 9.86. The number of esters is 2. The minimum absolute atomic E-state index is 0.115. The summed E-state index contributed by atoms with van der Waals surface area (Å²) >= 11 is 0. The van der Waals surface area contributed by atoms with Gasteiger partial charge in [0.05, 0.1) is 10.5 Å². The first-order chi connectivity index (χ1) is 10.5. The molecular weight excluding hydrogens is 302 g/mol. The van der Waals surface area contributed by atoms with E-state index in [9.17, 15) is 19.7 Å². The maximum Gasteiger partial charge on any atom is 0.338 e. The van der Waals surface area contributed by atoms with Crippen LogP contribution >= 0.6 is 0 Å². The van der Waals surface area contributed by atoms with Crippen LogP contribution in [0.3, 0.4) is 0 Å². The topological polar surface area (TPSA) is 95.7 Å². The summed E-state index contributed by atoms with van der Waals surface area (Å²) < 4.78 is 10.3. The number of rotatable bonds is 5. The van der Waals surface area contributed by atoms with Gasteiger partial charge in [0, 0.05) is 24.6 Å². The van der Waals surface area contributed by atoms with Crippen molar-refractivity contribution >= 4 is 17.6 Å². The number of hydrogen-bond acceptors (Lipinski definition) is 6. The van der Waals surface area contributed by atoms with Gasteiger partial charge in [-0.3, -0.25) is 14.9 Å². The van der Waals surface area contributed by atoms with Crippen molar-refractivity contribution in [2.24, 2.45) is 0 Å². The molecule has 0 fully saturated rings. The lowest BCUT2D eigenvalue weighted by atomic mass is 10.0. The number of non-ortho nitro benzene ring substituents is 1. The third-order valence-corrected chi connectivity index (χ3v) is 2.65. The Morgan fingerprint density at radius 3 is 2.39 bits per heavy atom. The lowest BCUT2D eigenvalue weighted by molar-refractivity contribution is -0.385. The molecule has 0 saturated carbocycles. The summed E-state index contributed by atoms with van der Waals surface area (Å²) in [5.74, 6) is -1.39. The van der Waals surface area contributed by atoms with Crippen LogP contribution in [0.2, 0.25) is 0 Å². The fourth-order valence-corrected chi connectivity index (χ4v) is 1.76. The first-order valence-electron chi connectivity index (χ1n) is 6.85. The number of carbonyl (C=O) groups is 2. The monoisotopic (exact) mass is 321 g/mol. The molecule has 124 valence electrons. The first kappa shape index (κ1) is 18.3. The molecule has 1 unspecified atom stereocenters. The molecule has 0 aromatic heterocycles. The zero-order valence-corrected chi connectivity index (χ0v) is 13.5. The molecular formula is C16H19NO6. The molecule has 0 spiro atoms. The van der Waals surface area contributed by atoms with E-state index >= 15 is 0 Å². The predicted octanol–water partition coefficient (Wildman–Crippen LogP) is 3.10. The minimum Gasteiger partial charge on any atom is -0.457 e. The maximum absolute atomic E-state index is 12.1. The number of carbonyl (C=O) groups excluding carboxylic acids is 2. The number of benzene rings is 1. The molecule has 1 rings (SSSR count). The van der Waals surface area contributed by atoms with Crippen molar-refractivity contribution in [1.29, 1.82) is 0 Å². The maximum atomic E-state index is 12.1. The summed E-state index contributed by atoms with van der Waals surface area (Å²) in [4.78, 5) is 33.7. The molecule has 1 atom stereocenters. The van der Waals surface area contributed by atoms with Crippen LogP contribution in [0.1, 0.15) is 39.4 Å². The van der Waals surface area contributed by atoms with Crippen molar-refractivity contribution in [1.82, 2.24) is 0 Å². The van der Waals surface area contributed by atoms with Crippen LogP contribution in [0.15, 0.2) is 36.4 Å². The highest BCUT2D eigenvalue weighted by molar-refractivity contribution is 5.90. The Morgan fingerprint density at radius 1 is 1.30 bits per heavy atom. The van der Waals surface area contributed by atoms with E-state index < -0.39 is 28.6 Å². The van der Waals surface area contributed by atoms with Gasteiger partial charge < -0.3 is 9.47 Å². The molecule has 0 N–H and O–H groups in total. The molecule has 0 aliphatic carbocycles. The van der Waals surface area contributed by atoms with E-state index in [1.54, 1.807) is 20.8 Å². The molecule has 7 heteroatoms. The Morgan fingerprint density at radius 2 is 1.91 bits per heavy atom. The molecule has 0 aliphatic heterocycles. The zero-order chi connectivity index (χ0) is 17.8. The van der Waals surface area contributed by atoms with Crippen molar-refractivity contribution in [3.05, 3.63) is 52.1 Å². The Kier molecular flexibility index (Phi) is 5.62. The second-order valence-corrected chi connectivity index (χ2v) is 5.87. The van der Waals surface area contributed by atoms with E-state index in [2.05, 4.69) is 6.58 Å². The van der Waals surface area contributed by atoms with Crippen molar-refractivity contribution in [3.8, 4) is 0 Å². The van der Waals surface area contributed by atoms with Crippen molar-refractivity contribution in [2.75, 3.05) is 0 Å². The summed E-state index contributed by atoms with van der Waals surface area (Å²) in [5.41, 5.74) is -0.777. The largest absolute Gasteiger partial charge is 0.457 e. The van der Waals surface area contributed by atoms with Crippen LogP contribution in [-0.2, 0) is 19.1 Å². The first-order valence-corrected chi connectivity index (χ1v) is 6.85. The van der Waals surface area contributed by atoms with E-state index in [0.29, 0.717) is 0 Å². The SMILES string of the molecule is C=C(C(=O)OC(C)(C)C)C(OC(C)=O)c1cccc([N+](=O)[O-])c1. The van der Waals surface area contributed by atoms with Gasteiger partial charge in [-0.2, -0.15) is 0 Å². The smallest absolute Gasteiger partial charge is 0.338 e. The Balaban J connectivity index is 3.16. The number of nitrogens with zero attached hydrogens (tertiary/aromatic N) is 1. The van der Waals surface area contributed by atoms with Crippen LogP contribution in [0.5, 0.6) is 0 Å². The fraction of sp³-hybridized carbons (Fsp3) is 0.375. The lowest BCUT2D eigenvalue weighted by Crippen LogP contribution is -2.27. The van der Waals surface area contributed by atoms with Crippen molar-refractivity contribution in [2.45, 2.75) is 39.4 Å². The Bertz CT molecular complexity index is 644. The molecule has 23 heavy (non-hydrogen) atoms. The van der Waals surface area contributed by atoms with E-state index in [1.807, 2.05) is 0 Å². The van der Waals surface area contributed by atoms with Crippen LogP contribution in [-0.4, -0.2) is 22.5 Å². The summed E-state index contributed by atoms with van der Waals surface area (Å²) in [5, 5.41) is 10.9. The van der Waals surface area contributed by atoms with E-state index in [4.69, 9.17) is 9.47 Å². The van der Waals surface area contributed by atoms with E-state index in [-0.39, 0.29) is 16.8 Å². The average molecular weight is 321 g/mol. The van der Waals surface area contributed by atoms with Crippen LogP contribution in [0.4, 0.5) is 5.69 Å². The van der Waals surface area contributed by atoms with E-state index in [1.165, 1.54) is 31.2 Å². The molecule has 1 aromatic carbocycles. The summed E-state index contributed by atoms with van der Waals surface area (Å²) in [6.07, 6.45) is -1.15. The molecule has 0 amide bonds.